The topological polar surface area (TPSA) is 72.9 Å². The van der Waals surface area contributed by atoms with Crippen molar-refractivity contribution in [2.24, 2.45) is 5.92 Å². The van der Waals surface area contributed by atoms with E-state index in [0.717, 1.165) is 60.7 Å². The Hall–Kier alpha value is -3.84. The first-order valence-electron chi connectivity index (χ1n) is 12.3. The number of hydrogen-bond donors (Lipinski definition) is 1. The summed E-state index contributed by atoms with van der Waals surface area (Å²) in [6.07, 6.45) is 9.52. The van der Waals surface area contributed by atoms with Crippen LogP contribution in [0, 0.1) is 5.92 Å². The minimum absolute atomic E-state index is 0.0139. The van der Waals surface area contributed by atoms with Crippen molar-refractivity contribution in [1.82, 2.24) is 15.2 Å². The van der Waals surface area contributed by atoms with Crippen molar-refractivity contribution in [1.29, 1.82) is 0 Å². The van der Waals surface area contributed by atoms with Gasteiger partial charge in [0.2, 0.25) is 12.7 Å². The van der Waals surface area contributed by atoms with Crippen molar-refractivity contribution >= 4 is 12.0 Å². The molecule has 1 atom stereocenters. The summed E-state index contributed by atoms with van der Waals surface area (Å²) >= 11 is 0. The predicted molar refractivity (Wildman–Crippen MR) is 138 cm³/mol. The van der Waals surface area contributed by atoms with Crippen LogP contribution in [0.25, 0.3) is 6.08 Å². The summed E-state index contributed by atoms with van der Waals surface area (Å²) in [6.45, 7) is 2.88. The average Bonchev–Trinajstić information content (AvgIpc) is 3.41. The van der Waals surface area contributed by atoms with Crippen molar-refractivity contribution in [2.45, 2.75) is 18.9 Å². The molecule has 3 heterocycles. The number of pyridine rings is 1. The van der Waals surface area contributed by atoms with Crippen molar-refractivity contribution < 1.29 is 19.0 Å². The summed E-state index contributed by atoms with van der Waals surface area (Å²) in [5, 5.41) is 3.28. The van der Waals surface area contributed by atoms with E-state index in [9.17, 15) is 4.79 Å². The Morgan fingerprint density at radius 2 is 1.92 bits per heavy atom. The Bertz CT molecular complexity index is 1190. The SMILES string of the molecule is COc1ccc(/C=C/CN2CCC(C(=O)NC(c3cccnc3)c3ccc4c(c3)OCO4)CC2)cc1. The van der Waals surface area contributed by atoms with E-state index in [4.69, 9.17) is 14.2 Å². The lowest BCUT2D eigenvalue weighted by atomic mass is 9.93. The zero-order chi connectivity index (χ0) is 24.7. The van der Waals surface area contributed by atoms with Gasteiger partial charge in [-0.15, -0.1) is 0 Å². The van der Waals surface area contributed by atoms with Gasteiger partial charge < -0.3 is 19.5 Å². The summed E-state index contributed by atoms with van der Waals surface area (Å²) in [5.41, 5.74) is 3.03. The van der Waals surface area contributed by atoms with Gasteiger partial charge in [-0.1, -0.05) is 36.4 Å². The number of ether oxygens (including phenoxy) is 3. The number of nitrogens with one attached hydrogen (secondary N) is 1. The van der Waals surface area contributed by atoms with E-state index >= 15 is 0 Å². The lowest BCUT2D eigenvalue weighted by Crippen LogP contribution is -2.41. The summed E-state index contributed by atoms with van der Waals surface area (Å²) < 4.78 is 16.2. The standard InChI is InChI=1S/C29H31N3O4/c1-34-25-9-6-21(7-10-25)4-3-15-32-16-12-22(13-17-32)29(33)31-28(24-5-2-14-30-19-24)23-8-11-26-27(18-23)36-20-35-26/h2-11,14,18-19,22,28H,12-13,15-17,20H2,1H3,(H,31,33)/b4-3+. The first-order valence-corrected chi connectivity index (χ1v) is 12.3. The third-order valence-corrected chi connectivity index (χ3v) is 6.78. The molecule has 1 aromatic heterocycles. The van der Waals surface area contributed by atoms with Crippen LogP contribution >= 0.6 is 0 Å². The molecule has 7 heteroatoms. The third-order valence-electron chi connectivity index (χ3n) is 6.78. The second kappa shape index (κ2) is 11.3. The highest BCUT2D eigenvalue weighted by Crippen LogP contribution is 2.36. The molecule has 7 nitrogen and oxygen atoms in total. The predicted octanol–water partition coefficient (Wildman–Crippen LogP) is 4.45. The fourth-order valence-corrected chi connectivity index (χ4v) is 4.69. The van der Waals surface area contributed by atoms with Crippen molar-refractivity contribution in [2.75, 3.05) is 33.5 Å². The molecule has 2 aliphatic rings. The molecule has 186 valence electrons. The summed E-state index contributed by atoms with van der Waals surface area (Å²) in [6, 6.07) is 17.4. The maximum absolute atomic E-state index is 13.3. The van der Waals surface area contributed by atoms with Crippen LogP contribution in [0.2, 0.25) is 0 Å². The van der Waals surface area contributed by atoms with E-state index in [2.05, 4.69) is 27.4 Å². The lowest BCUT2D eigenvalue weighted by molar-refractivity contribution is -0.126. The van der Waals surface area contributed by atoms with Crippen LogP contribution < -0.4 is 19.5 Å². The molecule has 3 aromatic rings. The van der Waals surface area contributed by atoms with Gasteiger partial charge in [0.15, 0.2) is 11.5 Å². The second-order valence-corrected chi connectivity index (χ2v) is 9.09. The van der Waals surface area contributed by atoms with Gasteiger partial charge in [-0.2, -0.15) is 0 Å². The molecule has 0 saturated carbocycles. The van der Waals surface area contributed by atoms with Crippen LogP contribution in [0.15, 0.2) is 73.1 Å². The number of aromatic nitrogens is 1. The molecular formula is C29H31N3O4. The Balaban J connectivity index is 1.18. The van der Waals surface area contributed by atoms with E-state index < -0.39 is 0 Å². The quantitative estimate of drug-likeness (QED) is 0.508. The fraction of sp³-hybridized carbons (Fsp3) is 0.310. The number of benzene rings is 2. The van der Waals surface area contributed by atoms with Crippen LogP contribution in [0.5, 0.6) is 17.2 Å². The Kier molecular flexibility index (Phi) is 7.47. The van der Waals surface area contributed by atoms with E-state index in [0.29, 0.717) is 5.75 Å². The molecule has 36 heavy (non-hydrogen) atoms. The highest BCUT2D eigenvalue weighted by atomic mass is 16.7. The largest absolute Gasteiger partial charge is 0.497 e. The van der Waals surface area contributed by atoms with Gasteiger partial charge in [0.05, 0.1) is 13.2 Å². The number of hydrogen-bond acceptors (Lipinski definition) is 6. The molecule has 1 saturated heterocycles. The number of nitrogens with zero attached hydrogens (tertiary/aromatic N) is 2. The maximum Gasteiger partial charge on any atom is 0.231 e. The fourth-order valence-electron chi connectivity index (χ4n) is 4.69. The first kappa shape index (κ1) is 23.9. The van der Waals surface area contributed by atoms with Gasteiger partial charge in [0, 0.05) is 24.9 Å². The summed E-state index contributed by atoms with van der Waals surface area (Å²) in [5.74, 6) is 2.35. The molecule has 0 aliphatic carbocycles. The monoisotopic (exact) mass is 485 g/mol. The Labute approximate surface area is 211 Å². The van der Waals surface area contributed by atoms with Crippen LogP contribution in [-0.2, 0) is 4.79 Å². The van der Waals surface area contributed by atoms with Gasteiger partial charge >= 0.3 is 0 Å². The van der Waals surface area contributed by atoms with Gasteiger partial charge in [-0.25, -0.2) is 0 Å². The summed E-state index contributed by atoms with van der Waals surface area (Å²) in [7, 11) is 1.67. The van der Waals surface area contributed by atoms with Crippen molar-refractivity contribution in [3.8, 4) is 17.2 Å². The maximum atomic E-state index is 13.3. The molecule has 1 fully saturated rings. The molecule has 1 unspecified atom stereocenters. The van der Waals surface area contributed by atoms with E-state index in [1.807, 2.05) is 54.6 Å². The number of rotatable bonds is 8. The van der Waals surface area contributed by atoms with Crippen LogP contribution in [0.1, 0.15) is 35.6 Å². The third kappa shape index (κ3) is 5.69. The lowest BCUT2D eigenvalue weighted by Gasteiger charge is -2.31. The Morgan fingerprint density at radius 3 is 2.67 bits per heavy atom. The molecule has 1 amide bonds. The Morgan fingerprint density at radius 1 is 1.11 bits per heavy atom. The number of fused-ring (bicyclic) bond motifs is 1. The molecule has 1 N–H and O–H groups in total. The number of likely N-dealkylation sites (tertiary alicyclic amines) is 1. The van der Waals surface area contributed by atoms with Gasteiger partial charge in [0.1, 0.15) is 5.75 Å². The van der Waals surface area contributed by atoms with Crippen LogP contribution in [0.4, 0.5) is 0 Å². The number of methoxy groups -OCH3 is 1. The number of carbonyl (C=O) groups is 1. The normalized spacial score (nSPS) is 16.7. The van der Waals surface area contributed by atoms with Gasteiger partial charge in [-0.05, 0) is 73.0 Å². The highest BCUT2D eigenvalue weighted by molar-refractivity contribution is 5.79. The number of carbonyl (C=O) groups excluding carboxylic acids is 1. The second-order valence-electron chi connectivity index (χ2n) is 9.09. The number of piperidine rings is 1. The highest BCUT2D eigenvalue weighted by Gasteiger charge is 2.28. The summed E-state index contributed by atoms with van der Waals surface area (Å²) in [4.78, 5) is 20.0. The van der Waals surface area contributed by atoms with E-state index in [-0.39, 0.29) is 24.7 Å². The zero-order valence-corrected chi connectivity index (χ0v) is 20.4. The minimum Gasteiger partial charge on any atom is -0.497 e. The molecule has 2 aromatic carbocycles. The van der Waals surface area contributed by atoms with Crippen molar-refractivity contribution in [3.63, 3.8) is 0 Å². The molecule has 0 bridgehead atoms. The molecular weight excluding hydrogens is 454 g/mol. The van der Waals surface area contributed by atoms with E-state index in [1.165, 1.54) is 0 Å². The molecule has 2 aliphatic heterocycles. The molecule has 0 radical (unpaired) electrons. The smallest absolute Gasteiger partial charge is 0.231 e. The minimum atomic E-state index is -0.300. The van der Waals surface area contributed by atoms with E-state index in [1.54, 1.807) is 19.5 Å². The molecule has 5 rings (SSSR count). The van der Waals surface area contributed by atoms with Crippen LogP contribution in [-0.4, -0.2) is 49.3 Å². The zero-order valence-electron chi connectivity index (χ0n) is 20.4. The first-order chi connectivity index (χ1) is 17.7. The average molecular weight is 486 g/mol. The van der Waals surface area contributed by atoms with Gasteiger partial charge in [-0.3, -0.25) is 14.7 Å². The molecule has 0 spiro atoms. The number of amides is 1. The van der Waals surface area contributed by atoms with Crippen LogP contribution in [0.3, 0.4) is 0 Å². The van der Waals surface area contributed by atoms with Gasteiger partial charge in [0.25, 0.3) is 0 Å². The van der Waals surface area contributed by atoms with Crippen molar-refractivity contribution in [3.05, 3.63) is 89.8 Å².